The molecule has 0 unspecified atom stereocenters. The first kappa shape index (κ1) is 13.3. The Hall–Kier alpha value is -0.720. The van der Waals surface area contributed by atoms with Crippen LogP contribution < -0.4 is 5.14 Å². The highest BCUT2D eigenvalue weighted by atomic mass is 35.5. The summed E-state index contributed by atoms with van der Waals surface area (Å²) in [5.41, 5.74) is -0.277. The second-order valence-corrected chi connectivity index (χ2v) is 5.50. The quantitative estimate of drug-likeness (QED) is 0.910. The van der Waals surface area contributed by atoms with E-state index < -0.39 is 28.1 Å². The number of alkyl halides is 2. The highest BCUT2D eigenvalue weighted by Gasteiger charge is 2.32. The zero-order valence-electron chi connectivity index (χ0n) is 8.16. The molecule has 0 aliphatic heterocycles. The van der Waals surface area contributed by atoms with Gasteiger partial charge in [0.2, 0.25) is 10.0 Å². The molecule has 0 aliphatic carbocycles. The third-order valence-corrected chi connectivity index (χ3v) is 2.99. The highest BCUT2D eigenvalue weighted by Crippen LogP contribution is 2.32. The zero-order valence-corrected chi connectivity index (χ0v) is 9.73. The number of hydrogen-bond acceptors (Lipinski definition) is 2. The van der Waals surface area contributed by atoms with Gasteiger partial charge in [-0.3, -0.25) is 0 Å². The Morgan fingerprint density at radius 2 is 1.75 bits per heavy atom. The molecule has 0 radical (unpaired) electrons. The minimum absolute atomic E-state index is 0.277. The Morgan fingerprint density at radius 3 is 2.19 bits per heavy atom. The van der Waals surface area contributed by atoms with Crippen molar-refractivity contribution >= 4 is 21.6 Å². The van der Waals surface area contributed by atoms with Crippen LogP contribution in [0.4, 0.5) is 8.78 Å². The molecule has 0 heterocycles. The Bertz CT molecular complexity index is 459. The standard InChI is InChI=1S/C9H10ClF2NO2S/c10-8-3-1-7(2-4-8)9(11,12)5-6-16(13,14)15/h1-4H,5-6H2,(H2,13,14,15). The minimum Gasteiger partial charge on any atom is -0.229 e. The van der Waals surface area contributed by atoms with E-state index >= 15 is 0 Å². The van der Waals surface area contributed by atoms with E-state index in [1.807, 2.05) is 0 Å². The number of nitrogens with two attached hydrogens (primary N) is 1. The summed E-state index contributed by atoms with van der Waals surface area (Å²) in [4.78, 5) is 0. The molecular formula is C9H10ClF2NO2S. The van der Waals surface area contributed by atoms with Crippen molar-refractivity contribution < 1.29 is 17.2 Å². The highest BCUT2D eigenvalue weighted by molar-refractivity contribution is 7.89. The normalized spacial score (nSPS) is 12.8. The van der Waals surface area contributed by atoms with Crippen LogP contribution >= 0.6 is 11.6 Å². The van der Waals surface area contributed by atoms with E-state index in [1.165, 1.54) is 12.1 Å². The number of sulfonamides is 1. The van der Waals surface area contributed by atoms with E-state index in [0.29, 0.717) is 5.02 Å². The molecule has 0 saturated carbocycles. The molecule has 1 aromatic rings. The molecule has 0 aliphatic rings. The second-order valence-electron chi connectivity index (χ2n) is 3.33. The molecule has 0 amide bonds. The first-order chi connectivity index (χ1) is 7.21. The molecule has 0 saturated heterocycles. The molecule has 0 atom stereocenters. The van der Waals surface area contributed by atoms with Gasteiger partial charge in [0.25, 0.3) is 5.92 Å². The first-order valence-corrected chi connectivity index (χ1v) is 6.44. The van der Waals surface area contributed by atoms with Gasteiger partial charge in [0.05, 0.1) is 5.75 Å². The van der Waals surface area contributed by atoms with Gasteiger partial charge in [-0.05, 0) is 12.1 Å². The summed E-state index contributed by atoms with van der Waals surface area (Å²) in [7, 11) is -3.88. The Labute approximate surface area is 97.3 Å². The van der Waals surface area contributed by atoms with Gasteiger partial charge in [0.15, 0.2) is 0 Å². The molecular weight excluding hydrogens is 260 g/mol. The van der Waals surface area contributed by atoms with Crippen LogP contribution in [0.15, 0.2) is 24.3 Å². The van der Waals surface area contributed by atoms with E-state index in [1.54, 1.807) is 0 Å². The second kappa shape index (κ2) is 4.65. The van der Waals surface area contributed by atoms with E-state index in [-0.39, 0.29) is 5.56 Å². The lowest BCUT2D eigenvalue weighted by molar-refractivity contribution is -0.00746. The lowest BCUT2D eigenvalue weighted by Crippen LogP contribution is -2.23. The zero-order chi connectivity index (χ0) is 12.4. The van der Waals surface area contributed by atoms with E-state index in [4.69, 9.17) is 11.6 Å². The number of halogens is 3. The molecule has 3 nitrogen and oxygen atoms in total. The summed E-state index contributed by atoms with van der Waals surface area (Å²) in [5.74, 6) is -3.99. The van der Waals surface area contributed by atoms with Gasteiger partial charge in [0.1, 0.15) is 0 Å². The van der Waals surface area contributed by atoms with E-state index in [0.717, 1.165) is 12.1 Å². The Morgan fingerprint density at radius 1 is 1.25 bits per heavy atom. The lowest BCUT2D eigenvalue weighted by atomic mass is 10.1. The smallest absolute Gasteiger partial charge is 0.229 e. The maximum atomic E-state index is 13.5. The maximum absolute atomic E-state index is 13.5. The summed E-state index contributed by atoms with van der Waals surface area (Å²) >= 11 is 5.55. The van der Waals surface area contributed by atoms with Crippen LogP contribution in [0, 0.1) is 0 Å². The number of benzene rings is 1. The van der Waals surface area contributed by atoms with Crippen molar-refractivity contribution in [3.63, 3.8) is 0 Å². The fourth-order valence-corrected chi connectivity index (χ4v) is 1.78. The lowest BCUT2D eigenvalue weighted by Gasteiger charge is -2.15. The molecule has 2 N–H and O–H groups in total. The predicted octanol–water partition coefficient (Wildman–Crippen LogP) is 2.11. The van der Waals surface area contributed by atoms with Crippen molar-refractivity contribution in [1.29, 1.82) is 0 Å². The summed E-state index contributed by atoms with van der Waals surface area (Å²) in [6.07, 6.45) is -0.840. The van der Waals surface area contributed by atoms with Crippen LogP contribution in [-0.2, 0) is 15.9 Å². The first-order valence-electron chi connectivity index (χ1n) is 4.35. The fourth-order valence-electron chi connectivity index (χ4n) is 1.11. The van der Waals surface area contributed by atoms with Gasteiger partial charge in [-0.25, -0.2) is 22.3 Å². The number of rotatable bonds is 4. The molecule has 1 rings (SSSR count). The van der Waals surface area contributed by atoms with Crippen LogP contribution in [0.25, 0.3) is 0 Å². The van der Waals surface area contributed by atoms with Gasteiger partial charge in [0, 0.05) is 17.0 Å². The summed E-state index contributed by atoms with van der Waals surface area (Å²) in [6.45, 7) is 0. The number of primary sulfonamides is 1. The van der Waals surface area contributed by atoms with E-state index in [2.05, 4.69) is 5.14 Å². The van der Waals surface area contributed by atoms with Crippen LogP contribution in [0.1, 0.15) is 12.0 Å². The molecule has 7 heteroatoms. The molecule has 1 aromatic carbocycles. The van der Waals surface area contributed by atoms with Gasteiger partial charge >= 0.3 is 0 Å². The average molecular weight is 270 g/mol. The minimum atomic E-state index is -3.88. The van der Waals surface area contributed by atoms with Gasteiger partial charge < -0.3 is 0 Å². The average Bonchev–Trinajstić information content (AvgIpc) is 2.15. The van der Waals surface area contributed by atoms with Gasteiger partial charge in [-0.1, -0.05) is 23.7 Å². The van der Waals surface area contributed by atoms with Crippen molar-refractivity contribution in [1.82, 2.24) is 0 Å². The molecule has 0 aromatic heterocycles. The Kier molecular flexibility index (Phi) is 3.88. The van der Waals surface area contributed by atoms with Crippen molar-refractivity contribution in [3.8, 4) is 0 Å². The third-order valence-electron chi connectivity index (χ3n) is 1.97. The van der Waals surface area contributed by atoms with Crippen LogP contribution in [0.5, 0.6) is 0 Å². The van der Waals surface area contributed by atoms with Crippen LogP contribution in [-0.4, -0.2) is 14.2 Å². The molecule has 0 fully saturated rings. The van der Waals surface area contributed by atoms with Crippen LogP contribution in [0.2, 0.25) is 5.02 Å². The SMILES string of the molecule is NS(=O)(=O)CCC(F)(F)c1ccc(Cl)cc1. The van der Waals surface area contributed by atoms with Crippen LogP contribution in [0.3, 0.4) is 0 Å². The van der Waals surface area contributed by atoms with Crippen molar-refractivity contribution in [2.24, 2.45) is 5.14 Å². The van der Waals surface area contributed by atoms with Gasteiger partial charge in [-0.15, -0.1) is 0 Å². The molecule has 0 spiro atoms. The van der Waals surface area contributed by atoms with Crippen molar-refractivity contribution in [2.75, 3.05) is 5.75 Å². The Balaban J connectivity index is 2.81. The predicted molar refractivity (Wildman–Crippen MR) is 57.9 cm³/mol. The molecule has 90 valence electrons. The topological polar surface area (TPSA) is 60.2 Å². The van der Waals surface area contributed by atoms with Crippen molar-refractivity contribution in [2.45, 2.75) is 12.3 Å². The largest absolute Gasteiger partial charge is 0.274 e. The van der Waals surface area contributed by atoms with Gasteiger partial charge in [-0.2, -0.15) is 0 Å². The maximum Gasteiger partial charge on any atom is 0.274 e. The van der Waals surface area contributed by atoms with E-state index in [9.17, 15) is 17.2 Å². The molecule has 16 heavy (non-hydrogen) atoms. The fraction of sp³-hybridized carbons (Fsp3) is 0.333. The summed E-state index contributed by atoms with van der Waals surface area (Å²) < 4.78 is 48.1. The number of hydrogen-bond donors (Lipinski definition) is 1. The van der Waals surface area contributed by atoms with Crippen molar-refractivity contribution in [3.05, 3.63) is 34.9 Å². The monoisotopic (exact) mass is 269 g/mol. The summed E-state index contributed by atoms with van der Waals surface area (Å²) in [5, 5.41) is 5.00. The summed E-state index contributed by atoms with van der Waals surface area (Å²) in [6, 6.07) is 4.96. The third kappa shape index (κ3) is 4.03. The molecule has 0 bridgehead atoms.